The summed E-state index contributed by atoms with van der Waals surface area (Å²) in [5.41, 5.74) is -3.86. The Kier molecular flexibility index (Phi) is 5.17. The Morgan fingerprint density at radius 1 is 1.18 bits per heavy atom. The molecule has 0 bridgehead atoms. The lowest BCUT2D eigenvalue weighted by molar-refractivity contribution is -0.215. The summed E-state index contributed by atoms with van der Waals surface area (Å²) in [4.78, 5) is 10.7. The number of halogens is 5. The van der Waals surface area contributed by atoms with Crippen molar-refractivity contribution in [2.24, 2.45) is 0 Å². The number of alkyl halides is 4. The molecule has 1 aliphatic heterocycles. The van der Waals surface area contributed by atoms with E-state index in [2.05, 4.69) is 15.9 Å². The Hall–Kier alpha value is -2.50. The molecule has 2 unspecified atom stereocenters. The molecule has 0 saturated carbocycles. The van der Waals surface area contributed by atoms with Crippen LogP contribution in [0.5, 0.6) is 0 Å². The van der Waals surface area contributed by atoms with Gasteiger partial charge in [0.25, 0.3) is 0 Å². The van der Waals surface area contributed by atoms with Gasteiger partial charge in [0.15, 0.2) is 5.54 Å². The van der Waals surface area contributed by atoms with E-state index in [1.165, 1.54) is 54.6 Å². The van der Waals surface area contributed by atoms with E-state index in [9.17, 15) is 28.3 Å². The Bertz CT molecular complexity index is 987. The first-order valence-electron chi connectivity index (χ1n) is 7.86. The van der Waals surface area contributed by atoms with Crippen LogP contribution in [-0.4, -0.2) is 27.1 Å². The molecule has 2 aromatic carbocycles. The molecular formula is C19H11BrClF3N2O2. The van der Waals surface area contributed by atoms with Crippen molar-refractivity contribution in [1.29, 1.82) is 5.26 Å². The van der Waals surface area contributed by atoms with Crippen molar-refractivity contribution in [2.75, 3.05) is 0 Å². The molecule has 0 aliphatic carbocycles. The molecular weight excluding hydrogens is 461 g/mol. The quantitative estimate of drug-likeness (QED) is 0.564. The Balaban J connectivity index is 2.39. The maximum absolute atomic E-state index is 14.5. The molecule has 0 radical (unpaired) electrons. The van der Waals surface area contributed by atoms with Crippen LogP contribution in [0.1, 0.15) is 11.1 Å². The SMILES string of the molecule is N#CC1=C(c2ccc(Cl)cc2)N(C(=O)O)C(c2ccccc2)(C(F)(F)F)C1Br. The maximum Gasteiger partial charge on any atom is 0.417 e. The average Bonchev–Trinajstić information content (AvgIpc) is 2.92. The van der Waals surface area contributed by atoms with E-state index in [0.717, 1.165) is 0 Å². The third kappa shape index (κ3) is 2.86. The van der Waals surface area contributed by atoms with E-state index >= 15 is 0 Å². The molecule has 0 aromatic heterocycles. The Morgan fingerprint density at radius 3 is 2.21 bits per heavy atom. The maximum atomic E-state index is 14.5. The fraction of sp³-hybridized carbons (Fsp3) is 0.158. The first kappa shape index (κ1) is 20.2. The van der Waals surface area contributed by atoms with Crippen molar-refractivity contribution in [1.82, 2.24) is 4.90 Å². The molecule has 0 fully saturated rings. The molecule has 0 spiro atoms. The fourth-order valence-corrected chi connectivity index (χ4v) is 4.56. The number of rotatable bonds is 2. The monoisotopic (exact) mass is 470 g/mol. The van der Waals surface area contributed by atoms with E-state index in [4.69, 9.17) is 11.6 Å². The highest BCUT2D eigenvalue weighted by atomic mass is 79.9. The molecule has 1 N–H and O–H groups in total. The lowest BCUT2D eigenvalue weighted by Crippen LogP contribution is -2.58. The lowest BCUT2D eigenvalue weighted by Gasteiger charge is -2.42. The second-order valence-corrected chi connectivity index (χ2v) is 7.34. The minimum absolute atomic E-state index is 0.134. The molecule has 1 amide bonds. The van der Waals surface area contributed by atoms with Crippen LogP contribution < -0.4 is 0 Å². The normalized spacial score (nSPS) is 22.3. The zero-order valence-corrected chi connectivity index (χ0v) is 16.3. The summed E-state index contributed by atoms with van der Waals surface area (Å²) < 4.78 is 43.6. The molecule has 3 rings (SSSR count). The second kappa shape index (κ2) is 7.15. The second-order valence-electron chi connectivity index (χ2n) is 5.99. The number of nitriles is 1. The third-order valence-electron chi connectivity index (χ3n) is 4.53. The number of carboxylic acid groups (broad SMARTS) is 1. The zero-order valence-electron chi connectivity index (χ0n) is 13.9. The van der Waals surface area contributed by atoms with E-state index < -0.39 is 22.6 Å². The van der Waals surface area contributed by atoms with Gasteiger partial charge < -0.3 is 5.11 Å². The number of amides is 1. The predicted octanol–water partition coefficient (Wildman–Crippen LogP) is 5.79. The summed E-state index contributed by atoms with van der Waals surface area (Å²) in [7, 11) is 0. The van der Waals surface area contributed by atoms with E-state index in [1.807, 2.05) is 0 Å². The van der Waals surface area contributed by atoms with Crippen molar-refractivity contribution < 1.29 is 23.1 Å². The Morgan fingerprint density at radius 2 is 1.75 bits per heavy atom. The van der Waals surface area contributed by atoms with E-state index in [-0.39, 0.29) is 27.3 Å². The number of benzene rings is 2. The lowest BCUT2D eigenvalue weighted by atomic mass is 9.84. The van der Waals surface area contributed by atoms with Crippen LogP contribution >= 0.6 is 27.5 Å². The van der Waals surface area contributed by atoms with Gasteiger partial charge >= 0.3 is 12.3 Å². The first-order chi connectivity index (χ1) is 13.2. The molecule has 1 aliphatic rings. The average molecular weight is 472 g/mol. The van der Waals surface area contributed by atoms with E-state index in [1.54, 1.807) is 6.07 Å². The fourth-order valence-electron chi connectivity index (χ4n) is 3.39. The van der Waals surface area contributed by atoms with Crippen LogP contribution in [0.3, 0.4) is 0 Å². The molecule has 0 saturated heterocycles. The molecule has 144 valence electrons. The van der Waals surface area contributed by atoms with Crippen molar-refractivity contribution in [3.63, 3.8) is 0 Å². The van der Waals surface area contributed by atoms with Crippen LogP contribution in [0.15, 0.2) is 60.2 Å². The smallest absolute Gasteiger partial charge is 0.417 e. The minimum Gasteiger partial charge on any atom is -0.465 e. The third-order valence-corrected chi connectivity index (χ3v) is 5.90. The van der Waals surface area contributed by atoms with Crippen LogP contribution in [0.2, 0.25) is 5.02 Å². The highest BCUT2D eigenvalue weighted by Gasteiger charge is 2.70. The van der Waals surface area contributed by atoms with Gasteiger partial charge in [0.1, 0.15) is 0 Å². The summed E-state index contributed by atoms with van der Waals surface area (Å²) in [5.74, 6) is 0. The molecule has 1 heterocycles. The summed E-state index contributed by atoms with van der Waals surface area (Å²) in [6.07, 6.45) is -6.86. The first-order valence-corrected chi connectivity index (χ1v) is 9.15. The van der Waals surface area contributed by atoms with Crippen LogP contribution in [0, 0.1) is 11.3 Å². The molecule has 28 heavy (non-hydrogen) atoms. The summed E-state index contributed by atoms with van der Waals surface area (Å²) in [5, 5.41) is 19.8. The van der Waals surface area contributed by atoms with Gasteiger partial charge in [-0.1, -0.05) is 70.0 Å². The summed E-state index contributed by atoms with van der Waals surface area (Å²) in [6, 6.07) is 14.0. The zero-order chi connectivity index (χ0) is 20.7. The van der Waals surface area contributed by atoms with E-state index in [0.29, 0.717) is 5.02 Å². The van der Waals surface area contributed by atoms with Gasteiger partial charge in [0.2, 0.25) is 0 Å². The Labute approximate surface area is 171 Å². The molecule has 2 atom stereocenters. The van der Waals surface area contributed by atoms with Gasteiger partial charge in [0, 0.05) is 5.02 Å². The topological polar surface area (TPSA) is 64.3 Å². The van der Waals surface area contributed by atoms with Crippen LogP contribution in [0.25, 0.3) is 5.70 Å². The number of nitrogens with zero attached hydrogens (tertiary/aromatic N) is 2. The minimum atomic E-state index is -5.03. The molecule has 2 aromatic rings. The van der Waals surface area contributed by atoms with Gasteiger partial charge in [-0.15, -0.1) is 0 Å². The standard InChI is InChI=1S/C19H11BrClF3N2O2/c20-16-14(10-25)15(11-6-8-13(21)9-7-11)26(17(27)28)18(16,19(22,23)24)12-4-2-1-3-5-12/h1-9,16H,(H,27,28). The number of carbonyl (C=O) groups is 1. The number of hydrogen-bond acceptors (Lipinski definition) is 2. The summed E-state index contributed by atoms with van der Waals surface area (Å²) >= 11 is 8.83. The van der Waals surface area contributed by atoms with Gasteiger partial charge in [0.05, 0.1) is 22.2 Å². The van der Waals surface area contributed by atoms with Gasteiger partial charge in [-0.05, 0) is 23.3 Å². The molecule has 9 heteroatoms. The van der Waals surface area contributed by atoms with Gasteiger partial charge in [-0.2, -0.15) is 18.4 Å². The van der Waals surface area contributed by atoms with Gasteiger partial charge in [-0.25, -0.2) is 4.79 Å². The largest absolute Gasteiger partial charge is 0.465 e. The van der Waals surface area contributed by atoms with Crippen LogP contribution in [0.4, 0.5) is 18.0 Å². The summed E-state index contributed by atoms with van der Waals surface area (Å²) in [6.45, 7) is 0. The van der Waals surface area contributed by atoms with Crippen molar-refractivity contribution in [3.05, 3.63) is 76.3 Å². The van der Waals surface area contributed by atoms with Crippen molar-refractivity contribution in [3.8, 4) is 6.07 Å². The highest BCUT2D eigenvalue weighted by molar-refractivity contribution is 9.09. The van der Waals surface area contributed by atoms with Crippen molar-refractivity contribution >= 4 is 39.3 Å². The van der Waals surface area contributed by atoms with Crippen LogP contribution in [-0.2, 0) is 5.54 Å². The number of hydrogen-bond donors (Lipinski definition) is 1. The predicted molar refractivity (Wildman–Crippen MR) is 101 cm³/mol. The highest BCUT2D eigenvalue weighted by Crippen LogP contribution is 2.58. The van der Waals surface area contributed by atoms with Crippen molar-refractivity contribution in [2.45, 2.75) is 16.5 Å². The van der Waals surface area contributed by atoms with Gasteiger partial charge in [-0.3, -0.25) is 4.90 Å². The molecule has 4 nitrogen and oxygen atoms in total.